The zero-order valence-electron chi connectivity index (χ0n) is 12.9. The Morgan fingerprint density at radius 3 is 2.55 bits per heavy atom. The number of ketones is 1. The van der Waals surface area contributed by atoms with Crippen molar-refractivity contribution in [2.45, 2.75) is 37.8 Å². The molecule has 122 valence electrons. The summed E-state index contributed by atoms with van der Waals surface area (Å²) in [6.07, 6.45) is -1.43. The topological polar surface area (TPSA) is 74.2 Å². The van der Waals surface area contributed by atoms with E-state index in [2.05, 4.69) is 0 Å². The zero-order chi connectivity index (χ0) is 15.9. The number of hydrogen-bond acceptors (Lipinski definition) is 6. The Hall–Kier alpha value is -1.47. The minimum absolute atomic E-state index is 0.0433. The van der Waals surface area contributed by atoms with Gasteiger partial charge in [0.2, 0.25) is 0 Å². The van der Waals surface area contributed by atoms with Gasteiger partial charge in [-0.25, -0.2) is 0 Å². The number of methoxy groups -OCH3 is 2. The van der Waals surface area contributed by atoms with E-state index < -0.39 is 18.3 Å². The Morgan fingerprint density at radius 2 is 1.91 bits per heavy atom. The molecule has 1 aliphatic rings. The van der Waals surface area contributed by atoms with E-state index in [1.807, 2.05) is 24.3 Å². The van der Waals surface area contributed by atoms with Gasteiger partial charge in [0.1, 0.15) is 18.6 Å². The first-order chi connectivity index (χ1) is 10.6. The lowest BCUT2D eigenvalue weighted by Crippen LogP contribution is -2.44. The van der Waals surface area contributed by atoms with Gasteiger partial charge in [-0.05, 0) is 17.7 Å². The molecule has 0 heterocycles. The van der Waals surface area contributed by atoms with Crippen LogP contribution < -0.4 is 4.74 Å². The van der Waals surface area contributed by atoms with Crippen LogP contribution in [0, 0.1) is 0 Å². The Balaban J connectivity index is 1.88. The van der Waals surface area contributed by atoms with Crippen LogP contribution in [0.1, 0.15) is 18.4 Å². The largest absolute Gasteiger partial charge is 0.497 e. The Bertz CT molecular complexity index is 472. The molecular weight excluding hydrogens is 288 g/mol. The van der Waals surface area contributed by atoms with Crippen molar-refractivity contribution in [3.05, 3.63) is 29.8 Å². The molecule has 0 spiro atoms. The number of benzene rings is 1. The van der Waals surface area contributed by atoms with Crippen molar-refractivity contribution >= 4 is 5.78 Å². The molecule has 0 saturated heterocycles. The second-order valence-electron chi connectivity index (χ2n) is 5.23. The fourth-order valence-electron chi connectivity index (χ4n) is 2.38. The molecule has 0 radical (unpaired) electrons. The third-order valence-electron chi connectivity index (χ3n) is 3.66. The number of aliphatic hydroxyl groups excluding tert-OH is 1. The van der Waals surface area contributed by atoms with Crippen molar-refractivity contribution < 1.29 is 28.8 Å². The second kappa shape index (κ2) is 8.24. The van der Waals surface area contributed by atoms with Crippen molar-refractivity contribution in [2.24, 2.45) is 0 Å². The normalized spacial score (nSPS) is 25.2. The number of aliphatic hydroxyl groups is 1. The maximum absolute atomic E-state index is 11.8. The maximum Gasteiger partial charge on any atom is 0.164 e. The van der Waals surface area contributed by atoms with Gasteiger partial charge in [0.15, 0.2) is 5.78 Å². The highest BCUT2D eigenvalue weighted by Crippen LogP contribution is 2.23. The molecule has 1 fully saturated rings. The van der Waals surface area contributed by atoms with Crippen molar-refractivity contribution in [3.8, 4) is 5.75 Å². The summed E-state index contributed by atoms with van der Waals surface area (Å²) in [5.41, 5.74) is 0.972. The molecule has 1 saturated carbocycles. The number of carbonyl (C=O) groups is 1. The van der Waals surface area contributed by atoms with Crippen molar-refractivity contribution in [2.75, 3.05) is 21.0 Å². The molecule has 3 atom stereocenters. The molecule has 1 aromatic carbocycles. The minimum Gasteiger partial charge on any atom is -0.497 e. The lowest BCUT2D eigenvalue weighted by molar-refractivity contribution is -0.162. The molecule has 6 nitrogen and oxygen atoms in total. The average Bonchev–Trinajstić information content (AvgIpc) is 2.53. The fraction of sp³-hybridized carbons (Fsp3) is 0.562. The van der Waals surface area contributed by atoms with Crippen LogP contribution in [0.4, 0.5) is 0 Å². The van der Waals surface area contributed by atoms with Gasteiger partial charge in [0, 0.05) is 20.0 Å². The highest BCUT2D eigenvalue weighted by Gasteiger charge is 2.36. The van der Waals surface area contributed by atoms with E-state index in [9.17, 15) is 9.90 Å². The lowest BCUT2D eigenvalue weighted by atomic mass is 9.91. The third kappa shape index (κ3) is 4.51. The number of Topliss-reactive ketones (excluding diaryl/α,β-unsaturated/α-hetero) is 1. The van der Waals surface area contributed by atoms with Crippen molar-refractivity contribution in [1.29, 1.82) is 0 Å². The van der Waals surface area contributed by atoms with Crippen molar-refractivity contribution in [3.63, 3.8) is 0 Å². The van der Waals surface area contributed by atoms with Crippen LogP contribution in [-0.2, 0) is 25.6 Å². The van der Waals surface area contributed by atoms with Crippen LogP contribution in [-0.4, -0.2) is 50.2 Å². The Morgan fingerprint density at radius 1 is 1.18 bits per heavy atom. The quantitative estimate of drug-likeness (QED) is 0.765. The van der Waals surface area contributed by atoms with Gasteiger partial charge >= 0.3 is 0 Å². The van der Waals surface area contributed by atoms with Gasteiger partial charge < -0.3 is 24.1 Å². The summed E-state index contributed by atoms with van der Waals surface area (Å²) in [5.74, 6) is 0.661. The Kier molecular flexibility index (Phi) is 6.33. The number of hydrogen-bond donors (Lipinski definition) is 1. The summed E-state index contributed by atoms with van der Waals surface area (Å²) >= 11 is 0. The molecule has 1 N–H and O–H groups in total. The van der Waals surface area contributed by atoms with E-state index in [1.54, 1.807) is 7.11 Å². The van der Waals surface area contributed by atoms with Crippen LogP contribution in [0.5, 0.6) is 5.75 Å². The predicted octanol–water partition coefficient (Wildman–Crippen LogP) is 1.29. The lowest BCUT2D eigenvalue weighted by Gasteiger charge is -2.32. The van der Waals surface area contributed by atoms with Crippen LogP contribution in [0.25, 0.3) is 0 Å². The van der Waals surface area contributed by atoms with Gasteiger partial charge in [-0.3, -0.25) is 4.79 Å². The molecule has 0 aliphatic heterocycles. The highest BCUT2D eigenvalue weighted by atomic mass is 16.7. The van der Waals surface area contributed by atoms with Gasteiger partial charge in [-0.1, -0.05) is 12.1 Å². The van der Waals surface area contributed by atoms with Gasteiger partial charge in [-0.2, -0.15) is 0 Å². The monoisotopic (exact) mass is 310 g/mol. The summed E-state index contributed by atoms with van der Waals surface area (Å²) in [7, 11) is 3.11. The minimum atomic E-state index is -0.798. The summed E-state index contributed by atoms with van der Waals surface area (Å²) in [4.78, 5) is 11.8. The summed E-state index contributed by atoms with van der Waals surface area (Å²) in [6, 6.07) is 7.50. The van der Waals surface area contributed by atoms with Gasteiger partial charge in [0.25, 0.3) is 0 Å². The third-order valence-corrected chi connectivity index (χ3v) is 3.66. The molecule has 22 heavy (non-hydrogen) atoms. The average molecular weight is 310 g/mol. The predicted molar refractivity (Wildman–Crippen MR) is 78.6 cm³/mol. The molecule has 6 heteroatoms. The van der Waals surface area contributed by atoms with E-state index in [0.717, 1.165) is 11.3 Å². The first kappa shape index (κ1) is 16.9. The maximum atomic E-state index is 11.8. The number of rotatable bonds is 7. The highest BCUT2D eigenvalue weighted by molar-refractivity contribution is 5.84. The van der Waals surface area contributed by atoms with Crippen LogP contribution in [0.15, 0.2) is 24.3 Å². The first-order valence-electron chi connectivity index (χ1n) is 7.20. The molecule has 0 bridgehead atoms. The van der Waals surface area contributed by atoms with Gasteiger partial charge in [-0.15, -0.1) is 0 Å². The van der Waals surface area contributed by atoms with Crippen LogP contribution in [0.2, 0.25) is 0 Å². The smallest absolute Gasteiger partial charge is 0.164 e. The summed E-state index contributed by atoms with van der Waals surface area (Å²) in [6.45, 7) is 0.411. The Labute approximate surface area is 129 Å². The SMILES string of the molecule is COCO[C@H]1C[C@H](OCc2ccc(OC)cc2)C(O)CC1=O. The van der Waals surface area contributed by atoms with E-state index >= 15 is 0 Å². The standard InChI is InChI=1S/C16H22O6/c1-19-10-22-16-8-15(13(17)7-14(16)18)21-9-11-3-5-12(20-2)6-4-11/h3-6,13,15-17H,7-10H2,1-2H3/t13?,15-,16-/m0/s1. The molecule has 2 rings (SSSR count). The van der Waals surface area contributed by atoms with E-state index in [0.29, 0.717) is 13.0 Å². The molecule has 1 aliphatic carbocycles. The molecule has 0 aromatic heterocycles. The van der Waals surface area contributed by atoms with Crippen LogP contribution >= 0.6 is 0 Å². The molecule has 1 unspecified atom stereocenters. The van der Waals surface area contributed by atoms with E-state index in [-0.39, 0.29) is 19.0 Å². The van der Waals surface area contributed by atoms with E-state index in [1.165, 1.54) is 7.11 Å². The first-order valence-corrected chi connectivity index (χ1v) is 7.20. The second-order valence-corrected chi connectivity index (χ2v) is 5.23. The number of carbonyl (C=O) groups excluding carboxylic acids is 1. The molecule has 1 aromatic rings. The van der Waals surface area contributed by atoms with Crippen LogP contribution in [0.3, 0.4) is 0 Å². The zero-order valence-corrected chi connectivity index (χ0v) is 12.9. The summed E-state index contributed by atoms with van der Waals surface area (Å²) in [5, 5.41) is 9.99. The molecular formula is C16H22O6. The van der Waals surface area contributed by atoms with E-state index in [4.69, 9.17) is 18.9 Å². The fourth-order valence-corrected chi connectivity index (χ4v) is 2.38. The summed E-state index contributed by atoms with van der Waals surface area (Å²) < 4.78 is 21.0. The molecule has 0 amide bonds. The van der Waals surface area contributed by atoms with Crippen molar-refractivity contribution in [1.82, 2.24) is 0 Å². The van der Waals surface area contributed by atoms with Gasteiger partial charge in [0.05, 0.1) is 25.9 Å². The number of ether oxygens (including phenoxy) is 4.